The lowest BCUT2D eigenvalue weighted by atomic mass is 9.97. The van der Waals surface area contributed by atoms with E-state index in [0.29, 0.717) is 12.3 Å². The number of H-pyrrole nitrogens is 1. The molecule has 3 aromatic rings. The number of nitrogens with one attached hydrogen (secondary N) is 1. The maximum Gasteiger partial charge on any atom is 0.228 e. The number of rotatable bonds is 3. The molecule has 1 aliphatic heterocycles. The summed E-state index contributed by atoms with van der Waals surface area (Å²) in [7, 11) is 0. The number of carbonyl (C=O) groups excluding carboxylic acids is 1. The number of imidazole rings is 2. The Morgan fingerprint density at radius 1 is 1.42 bits per heavy atom. The highest BCUT2D eigenvalue weighted by molar-refractivity contribution is 5.79. The predicted octanol–water partition coefficient (Wildman–Crippen LogP) is 2.31. The van der Waals surface area contributed by atoms with Crippen LogP contribution >= 0.6 is 0 Å². The van der Waals surface area contributed by atoms with E-state index >= 15 is 0 Å². The molecule has 1 fully saturated rings. The Kier molecular flexibility index (Phi) is 3.80. The average Bonchev–Trinajstić information content (AvgIpc) is 3.24. The van der Waals surface area contributed by atoms with E-state index in [1.807, 2.05) is 46.8 Å². The van der Waals surface area contributed by atoms with Gasteiger partial charge in [0.25, 0.3) is 0 Å². The van der Waals surface area contributed by atoms with E-state index in [4.69, 9.17) is 0 Å². The summed E-state index contributed by atoms with van der Waals surface area (Å²) in [5.74, 6) is 1.46. The molecule has 0 aliphatic carbocycles. The van der Waals surface area contributed by atoms with E-state index in [9.17, 15) is 4.79 Å². The second-order valence-corrected chi connectivity index (χ2v) is 6.40. The molecular formula is C18H21N5O. The molecule has 1 N–H and O–H groups in total. The monoisotopic (exact) mass is 323 g/mol. The Labute approximate surface area is 140 Å². The number of aryl methyl sites for hydroxylation is 1. The van der Waals surface area contributed by atoms with E-state index in [1.54, 1.807) is 6.20 Å². The van der Waals surface area contributed by atoms with Crippen molar-refractivity contribution in [1.29, 1.82) is 0 Å². The van der Waals surface area contributed by atoms with Crippen LogP contribution in [0.2, 0.25) is 0 Å². The average molecular weight is 323 g/mol. The Morgan fingerprint density at radius 2 is 2.33 bits per heavy atom. The summed E-state index contributed by atoms with van der Waals surface area (Å²) in [6.45, 7) is 3.53. The smallest absolute Gasteiger partial charge is 0.228 e. The largest absolute Gasteiger partial charge is 0.348 e. The molecule has 0 unspecified atom stereocenters. The van der Waals surface area contributed by atoms with Crippen LogP contribution in [-0.4, -0.2) is 43.2 Å². The number of carbonyl (C=O) groups is 1. The lowest BCUT2D eigenvalue weighted by Gasteiger charge is -2.32. The van der Waals surface area contributed by atoms with Crippen LogP contribution in [0.3, 0.4) is 0 Å². The molecule has 0 bridgehead atoms. The Bertz CT molecular complexity index is 852. The van der Waals surface area contributed by atoms with Crippen molar-refractivity contribution in [1.82, 2.24) is 24.3 Å². The lowest BCUT2D eigenvalue weighted by molar-refractivity contribution is -0.131. The number of nitrogens with zero attached hydrogens (tertiary/aromatic N) is 4. The minimum Gasteiger partial charge on any atom is -0.348 e. The van der Waals surface area contributed by atoms with Crippen LogP contribution in [-0.2, 0) is 11.2 Å². The third-order valence-corrected chi connectivity index (χ3v) is 4.83. The second-order valence-electron chi connectivity index (χ2n) is 6.40. The van der Waals surface area contributed by atoms with Crippen LogP contribution in [0, 0.1) is 6.92 Å². The molecule has 1 atom stereocenters. The molecule has 0 spiro atoms. The standard InChI is InChI=1S/C18H21N5O/c1-13-15(23-10-3-2-6-16(23)21-13)11-17(24)22-9-4-5-14(12-22)18-19-7-8-20-18/h2-3,6-8,10,14H,4-5,9,11-12H2,1H3,(H,19,20)/t14-/m0/s1. The highest BCUT2D eigenvalue weighted by Crippen LogP contribution is 2.25. The zero-order chi connectivity index (χ0) is 16.5. The van der Waals surface area contributed by atoms with Crippen LogP contribution in [0.5, 0.6) is 0 Å². The number of amides is 1. The Balaban J connectivity index is 1.52. The van der Waals surface area contributed by atoms with Crippen molar-refractivity contribution in [2.24, 2.45) is 0 Å². The van der Waals surface area contributed by atoms with Crippen LogP contribution in [0.15, 0.2) is 36.8 Å². The van der Waals surface area contributed by atoms with Gasteiger partial charge in [0.1, 0.15) is 11.5 Å². The van der Waals surface area contributed by atoms with Gasteiger partial charge in [0.2, 0.25) is 5.91 Å². The number of fused-ring (bicyclic) bond motifs is 1. The Morgan fingerprint density at radius 3 is 3.17 bits per heavy atom. The van der Waals surface area contributed by atoms with Crippen molar-refractivity contribution in [3.05, 3.63) is 54.0 Å². The molecule has 0 saturated carbocycles. The molecule has 6 nitrogen and oxygen atoms in total. The van der Waals surface area contributed by atoms with Gasteiger partial charge in [-0.1, -0.05) is 6.07 Å². The minimum absolute atomic E-state index is 0.167. The zero-order valence-corrected chi connectivity index (χ0v) is 13.8. The zero-order valence-electron chi connectivity index (χ0n) is 13.8. The first-order valence-corrected chi connectivity index (χ1v) is 8.42. The first kappa shape index (κ1) is 14.9. The number of aromatic nitrogens is 4. The van der Waals surface area contributed by atoms with Gasteiger partial charge >= 0.3 is 0 Å². The van der Waals surface area contributed by atoms with Crippen molar-refractivity contribution in [2.45, 2.75) is 32.1 Å². The van der Waals surface area contributed by atoms with Gasteiger partial charge in [-0.25, -0.2) is 9.97 Å². The van der Waals surface area contributed by atoms with Gasteiger partial charge in [0.15, 0.2) is 0 Å². The van der Waals surface area contributed by atoms with Crippen LogP contribution in [0.1, 0.15) is 36.0 Å². The van der Waals surface area contributed by atoms with Crippen molar-refractivity contribution in [3.63, 3.8) is 0 Å². The molecule has 1 aliphatic rings. The number of aromatic amines is 1. The summed E-state index contributed by atoms with van der Waals surface area (Å²) in [4.78, 5) is 26.9. The van der Waals surface area contributed by atoms with Crippen molar-refractivity contribution >= 4 is 11.6 Å². The predicted molar refractivity (Wildman–Crippen MR) is 90.8 cm³/mol. The van der Waals surface area contributed by atoms with E-state index in [-0.39, 0.29) is 5.91 Å². The molecular weight excluding hydrogens is 302 g/mol. The van der Waals surface area contributed by atoms with Gasteiger partial charge < -0.3 is 14.3 Å². The van der Waals surface area contributed by atoms with E-state index in [2.05, 4.69) is 15.0 Å². The van der Waals surface area contributed by atoms with Crippen LogP contribution in [0.25, 0.3) is 5.65 Å². The van der Waals surface area contributed by atoms with Gasteiger partial charge in [-0.3, -0.25) is 4.79 Å². The van der Waals surface area contributed by atoms with Crippen LogP contribution in [0.4, 0.5) is 0 Å². The quantitative estimate of drug-likeness (QED) is 0.804. The third-order valence-electron chi connectivity index (χ3n) is 4.83. The number of piperidine rings is 1. The summed E-state index contributed by atoms with van der Waals surface area (Å²) >= 11 is 0. The lowest BCUT2D eigenvalue weighted by Crippen LogP contribution is -2.40. The van der Waals surface area contributed by atoms with Gasteiger partial charge in [0.05, 0.1) is 17.8 Å². The maximum absolute atomic E-state index is 12.8. The third kappa shape index (κ3) is 2.68. The molecule has 124 valence electrons. The van der Waals surface area contributed by atoms with E-state index in [1.165, 1.54) is 0 Å². The molecule has 1 saturated heterocycles. The second kappa shape index (κ2) is 6.11. The summed E-state index contributed by atoms with van der Waals surface area (Å²) in [6.07, 6.45) is 8.08. The minimum atomic E-state index is 0.167. The maximum atomic E-state index is 12.8. The van der Waals surface area contributed by atoms with Gasteiger partial charge in [-0.15, -0.1) is 0 Å². The molecule has 6 heteroatoms. The molecule has 4 heterocycles. The summed E-state index contributed by atoms with van der Waals surface area (Å²) < 4.78 is 2.02. The fourth-order valence-electron chi connectivity index (χ4n) is 3.56. The highest BCUT2D eigenvalue weighted by atomic mass is 16.2. The molecule has 3 aromatic heterocycles. The van der Waals surface area contributed by atoms with Gasteiger partial charge in [-0.2, -0.15) is 0 Å². The molecule has 0 radical (unpaired) electrons. The van der Waals surface area contributed by atoms with E-state index < -0.39 is 0 Å². The topological polar surface area (TPSA) is 66.3 Å². The van der Waals surface area contributed by atoms with Crippen molar-refractivity contribution in [3.8, 4) is 0 Å². The summed E-state index contributed by atoms with van der Waals surface area (Å²) in [5, 5.41) is 0. The van der Waals surface area contributed by atoms with E-state index in [0.717, 1.165) is 48.8 Å². The highest BCUT2D eigenvalue weighted by Gasteiger charge is 2.27. The molecule has 24 heavy (non-hydrogen) atoms. The molecule has 4 rings (SSSR count). The van der Waals surface area contributed by atoms with Crippen molar-refractivity contribution in [2.75, 3.05) is 13.1 Å². The normalized spacial score (nSPS) is 18.2. The number of likely N-dealkylation sites (tertiary alicyclic amines) is 1. The first-order valence-electron chi connectivity index (χ1n) is 8.42. The summed E-state index contributed by atoms with van der Waals surface area (Å²) in [6, 6.07) is 5.90. The van der Waals surface area contributed by atoms with Gasteiger partial charge in [0, 0.05) is 37.6 Å². The molecule has 0 aromatic carbocycles. The fraction of sp³-hybridized carbons (Fsp3) is 0.389. The Hall–Kier alpha value is -2.63. The number of hydrogen-bond acceptors (Lipinski definition) is 3. The van der Waals surface area contributed by atoms with Crippen LogP contribution < -0.4 is 0 Å². The van der Waals surface area contributed by atoms with Gasteiger partial charge in [-0.05, 0) is 31.9 Å². The van der Waals surface area contributed by atoms with Crippen molar-refractivity contribution < 1.29 is 4.79 Å². The fourth-order valence-corrected chi connectivity index (χ4v) is 3.56. The number of pyridine rings is 1. The summed E-state index contributed by atoms with van der Waals surface area (Å²) in [5.41, 5.74) is 2.80. The number of hydrogen-bond donors (Lipinski definition) is 1. The SMILES string of the molecule is Cc1nc2ccccn2c1CC(=O)N1CCC[C@H](c2ncc[nH]2)C1. The first-order chi connectivity index (χ1) is 11.7. The molecule has 1 amide bonds.